The standard InChI is InChI=1S/C21H25ClN2O3S/c1-15(2)24(3)28(26,27)17-10-11-19(22)18(14-17)20(25)23-21(12-7-13-21)16-8-5-4-6-9-16/h4-6,8-11,14-15H,7,12-13H2,1-3H3,(H,23,25). The summed E-state index contributed by atoms with van der Waals surface area (Å²) in [5, 5.41) is 3.33. The van der Waals surface area contributed by atoms with E-state index in [0.29, 0.717) is 0 Å². The second kappa shape index (κ2) is 7.85. The van der Waals surface area contributed by atoms with Crippen LogP contribution in [-0.2, 0) is 15.6 Å². The number of carbonyl (C=O) groups excluding carboxylic acids is 1. The van der Waals surface area contributed by atoms with Crippen LogP contribution in [0.5, 0.6) is 0 Å². The SMILES string of the molecule is CC(C)N(C)S(=O)(=O)c1ccc(Cl)c(C(=O)NC2(c3ccccc3)CCC2)c1. The van der Waals surface area contributed by atoms with Gasteiger partial charge in [-0.25, -0.2) is 8.42 Å². The average molecular weight is 421 g/mol. The fourth-order valence-corrected chi connectivity index (χ4v) is 4.94. The summed E-state index contributed by atoms with van der Waals surface area (Å²) in [5.74, 6) is -0.363. The highest BCUT2D eigenvalue weighted by molar-refractivity contribution is 7.89. The molecule has 3 rings (SSSR count). The van der Waals surface area contributed by atoms with Crippen molar-refractivity contribution in [3.63, 3.8) is 0 Å². The molecule has 0 unspecified atom stereocenters. The lowest BCUT2D eigenvalue weighted by Crippen LogP contribution is -2.50. The van der Waals surface area contributed by atoms with E-state index in [1.165, 1.54) is 29.6 Å². The number of amides is 1. The maximum Gasteiger partial charge on any atom is 0.253 e. The molecule has 0 atom stereocenters. The number of nitrogens with zero attached hydrogens (tertiary/aromatic N) is 1. The number of rotatable bonds is 6. The largest absolute Gasteiger partial charge is 0.342 e. The molecule has 1 fully saturated rings. The quantitative estimate of drug-likeness (QED) is 0.762. The van der Waals surface area contributed by atoms with E-state index >= 15 is 0 Å². The van der Waals surface area contributed by atoms with Crippen molar-refractivity contribution in [3.05, 3.63) is 64.7 Å². The van der Waals surface area contributed by atoms with E-state index in [1.54, 1.807) is 13.8 Å². The van der Waals surface area contributed by atoms with Crippen molar-refractivity contribution in [2.45, 2.75) is 49.6 Å². The Kier molecular flexibility index (Phi) is 5.84. The molecule has 7 heteroatoms. The fourth-order valence-electron chi connectivity index (χ4n) is 3.34. The second-order valence-electron chi connectivity index (χ2n) is 7.51. The third kappa shape index (κ3) is 3.81. The van der Waals surface area contributed by atoms with Gasteiger partial charge < -0.3 is 5.32 Å². The van der Waals surface area contributed by atoms with Crippen molar-refractivity contribution in [3.8, 4) is 0 Å². The molecule has 0 aliphatic heterocycles. The van der Waals surface area contributed by atoms with Crippen molar-refractivity contribution in [1.29, 1.82) is 0 Å². The minimum absolute atomic E-state index is 0.0561. The van der Waals surface area contributed by atoms with E-state index in [1.807, 2.05) is 30.3 Å². The molecule has 1 aliphatic rings. The van der Waals surface area contributed by atoms with Gasteiger partial charge in [-0.2, -0.15) is 4.31 Å². The van der Waals surface area contributed by atoms with Crippen LogP contribution in [0, 0.1) is 0 Å². The van der Waals surface area contributed by atoms with Gasteiger partial charge in [-0.05, 0) is 56.9 Å². The average Bonchev–Trinajstić information content (AvgIpc) is 2.64. The topological polar surface area (TPSA) is 66.5 Å². The van der Waals surface area contributed by atoms with Gasteiger partial charge in [0.05, 0.1) is 21.0 Å². The first-order valence-corrected chi connectivity index (χ1v) is 11.1. The molecule has 1 saturated carbocycles. The Labute approximate surface area is 171 Å². The first-order valence-electron chi connectivity index (χ1n) is 9.33. The minimum Gasteiger partial charge on any atom is -0.342 e. The summed E-state index contributed by atoms with van der Waals surface area (Å²) in [5.41, 5.74) is 0.793. The smallest absolute Gasteiger partial charge is 0.253 e. The highest BCUT2D eigenvalue weighted by Gasteiger charge is 2.40. The van der Waals surface area contributed by atoms with Gasteiger partial charge in [0, 0.05) is 13.1 Å². The first kappa shape index (κ1) is 20.8. The van der Waals surface area contributed by atoms with Crippen molar-refractivity contribution >= 4 is 27.5 Å². The van der Waals surface area contributed by atoms with Gasteiger partial charge >= 0.3 is 0 Å². The van der Waals surface area contributed by atoms with E-state index in [0.717, 1.165) is 24.8 Å². The van der Waals surface area contributed by atoms with Gasteiger partial charge in [0.25, 0.3) is 5.91 Å². The number of nitrogens with one attached hydrogen (secondary N) is 1. The van der Waals surface area contributed by atoms with Gasteiger partial charge in [-0.1, -0.05) is 41.9 Å². The molecule has 2 aromatic carbocycles. The summed E-state index contributed by atoms with van der Waals surface area (Å²) in [6.45, 7) is 3.59. The molecular weight excluding hydrogens is 396 g/mol. The van der Waals surface area contributed by atoms with Crippen LogP contribution in [0.25, 0.3) is 0 Å². The monoisotopic (exact) mass is 420 g/mol. The third-order valence-electron chi connectivity index (χ3n) is 5.47. The molecule has 0 bridgehead atoms. The number of hydrogen-bond acceptors (Lipinski definition) is 3. The number of benzene rings is 2. The van der Waals surface area contributed by atoms with Crippen LogP contribution in [0.2, 0.25) is 5.02 Å². The normalized spacial score (nSPS) is 16.1. The zero-order valence-electron chi connectivity index (χ0n) is 16.3. The van der Waals surface area contributed by atoms with Crippen molar-refractivity contribution in [1.82, 2.24) is 9.62 Å². The number of hydrogen-bond donors (Lipinski definition) is 1. The summed E-state index contributed by atoms with van der Waals surface area (Å²) >= 11 is 6.25. The van der Waals surface area contributed by atoms with Crippen LogP contribution < -0.4 is 5.32 Å². The number of carbonyl (C=O) groups is 1. The Balaban J connectivity index is 1.92. The lowest BCUT2D eigenvalue weighted by atomic mass is 9.71. The highest BCUT2D eigenvalue weighted by Crippen LogP contribution is 2.41. The van der Waals surface area contributed by atoms with Crippen LogP contribution in [0.15, 0.2) is 53.4 Å². The van der Waals surface area contributed by atoms with E-state index in [4.69, 9.17) is 11.6 Å². The Morgan fingerprint density at radius 2 is 1.79 bits per heavy atom. The number of halogens is 1. The summed E-state index contributed by atoms with van der Waals surface area (Å²) < 4.78 is 26.8. The van der Waals surface area contributed by atoms with Crippen LogP contribution in [0.1, 0.15) is 49.0 Å². The first-order chi connectivity index (χ1) is 13.2. The van der Waals surface area contributed by atoms with Crippen LogP contribution in [0.3, 0.4) is 0 Å². The lowest BCUT2D eigenvalue weighted by molar-refractivity contribution is 0.0823. The number of sulfonamides is 1. The molecular formula is C21H25ClN2O3S. The minimum atomic E-state index is -3.70. The van der Waals surface area contributed by atoms with Crippen LogP contribution in [-0.4, -0.2) is 31.7 Å². The molecule has 28 heavy (non-hydrogen) atoms. The summed E-state index contributed by atoms with van der Waals surface area (Å²) in [6.07, 6.45) is 2.71. The molecule has 0 radical (unpaired) electrons. The summed E-state index contributed by atoms with van der Waals surface area (Å²) in [6, 6.07) is 13.9. The van der Waals surface area contributed by atoms with Gasteiger partial charge in [-0.3, -0.25) is 4.79 Å². The predicted octanol–water partition coefficient (Wildman–Crippen LogP) is 4.18. The Hall–Kier alpha value is -1.89. The predicted molar refractivity (Wildman–Crippen MR) is 111 cm³/mol. The van der Waals surface area contributed by atoms with Gasteiger partial charge in [-0.15, -0.1) is 0 Å². The lowest BCUT2D eigenvalue weighted by Gasteiger charge is -2.43. The molecule has 0 saturated heterocycles. The zero-order valence-corrected chi connectivity index (χ0v) is 17.8. The molecule has 1 aliphatic carbocycles. The van der Waals surface area contributed by atoms with E-state index in [9.17, 15) is 13.2 Å². The Morgan fingerprint density at radius 3 is 2.32 bits per heavy atom. The van der Waals surface area contributed by atoms with Crippen molar-refractivity contribution in [2.75, 3.05) is 7.05 Å². The maximum atomic E-state index is 13.0. The van der Waals surface area contributed by atoms with Crippen molar-refractivity contribution in [2.24, 2.45) is 0 Å². The van der Waals surface area contributed by atoms with E-state index in [2.05, 4.69) is 5.32 Å². The molecule has 1 N–H and O–H groups in total. The third-order valence-corrected chi connectivity index (χ3v) is 7.83. The second-order valence-corrected chi connectivity index (χ2v) is 9.92. The summed E-state index contributed by atoms with van der Waals surface area (Å²) in [4.78, 5) is 13.1. The fraction of sp³-hybridized carbons (Fsp3) is 0.381. The molecule has 0 heterocycles. The molecule has 1 amide bonds. The Morgan fingerprint density at radius 1 is 1.14 bits per heavy atom. The molecule has 0 aromatic heterocycles. The molecule has 5 nitrogen and oxygen atoms in total. The Bertz CT molecular complexity index is 970. The van der Waals surface area contributed by atoms with E-state index in [-0.39, 0.29) is 27.4 Å². The zero-order chi connectivity index (χ0) is 20.5. The molecule has 2 aromatic rings. The van der Waals surface area contributed by atoms with Gasteiger partial charge in [0.2, 0.25) is 10.0 Å². The maximum absolute atomic E-state index is 13.0. The van der Waals surface area contributed by atoms with Crippen LogP contribution in [0.4, 0.5) is 0 Å². The van der Waals surface area contributed by atoms with Gasteiger partial charge in [0.15, 0.2) is 0 Å². The van der Waals surface area contributed by atoms with Crippen LogP contribution >= 0.6 is 11.6 Å². The summed E-state index contributed by atoms with van der Waals surface area (Å²) in [7, 11) is -2.18. The van der Waals surface area contributed by atoms with Crippen molar-refractivity contribution < 1.29 is 13.2 Å². The van der Waals surface area contributed by atoms with Gasteiger partial charge in [0.1, 0.15) is 0 Å². The molecule has 150 valence electrons. The molecule has 0 spiro atoms. The highest BCUT2D eigenvalue weighted by atomic mass is 35.5. The van der Waals surface area contributed by atoms with E-state index < -0.39 is 15.6 Å².